The van der Waals surface area contributed by atoms with Crippen LogP contribution in [-0.4, -0.2) is 0 Å². The summed E-state index contributed by atoms with van der Waals surface area (Å²) >= 11 is 0. The Labute approximate surface area is 141 Å². The van der Waals surface area contributed by atoms with Gasteiger partial charge in [-0.2, -0.15) is 0 Å². The summed E-state index contributed by atoms with van der Waals surface area (Å²) in [4.78, 5) is 0. The Morgan fingerprint density at radius 3 is 1.41 bits per heavy atom. The van der Waals surface area contributed by atoms with Gasteiger partial charge in [0.1, 0.15) is 0 Å². The van der Waals surface area contributed by atoms with E-state index in [-0.39, 0.29) is 0 Å². The molecule has 1 aliphatic carbocycles. The molecule has 1 fully saturated rings. The number of rotatable bonds is 6. The van der Waals surface area contributed by atoms with E-state index in [1.165, 1.54) is 89.9 Å². The maximum Gasteiger partial charge on any atom is -0.0414 e. The highest BCUT2D eigenvalue weighted by molar-refractivity contribution is 4.69. The average molecular weight is 309 g/mol. The monoisotopic (exact) mass is 308 g/mol. The second-order valence-electron chi connectivity index (χ2n) is 8.69. The maximum atomic E-state index is 2.50. The van der Waals surface area contributed by atoms with E-state index >= 15 is 0 Å². The molecule has 0 amide bonds. The Morgan fingerprint density at radius 1 is 0.545 bits per heavy atom. The molecule has 0 radical (unpaired) electrons. The Morgan fingerprint density at radius 2 is 0.955 bits per heavy atom. The SMILES string of the molecule is CCCCCCCC1CCC(C)CCC(C)CCC(C)CC1. The van der Waals surface area contributed by atoms with Crippen molar-refractivity contribution in [2.75, 3.05) is 0 Å². The molecular formula is C22H44. The van der Waals surface area contributed by atoms with Crippen LogP contribution in [0.5, 0.6) is 0 Å². The Balaban J connectivity index is 2.35. The molecule has 0 aromatic rings. The molecule has 0 spiro atoms. The molecular weight excluding hydrogens is 264 g/mol. The van der Waals surface area contributed by atoms with Gasteiger partial charge in [-0.15, -0.1) is 0 Å². The summed E-state index contributed by atoms with van der Waals surface area (Å²) in [7, 11) is 0. The molecule has 0 aromatic carbocycles. The van der Waals surface area contributed by atoms with Crippen molar-refractivity contribution in [2.24, 2.45) is 23.7 Å². The number of hydrogen-bond donors (Lipinski definition) is 0. The first-order valence-electron chi connectivity index (χ1n) is 10.6. The molecule has 1 saturated carbocycles. The minimum atomic E-state index is 0.957. The Bertz CT molecular complexity index is 226. The largest absolute Gasteiger partial charge is 0.0654 e. The fraction of sp³-hybridized carbons (Fsp3) is 1.00. The minimum Gasteiger partial charge on any atom is -0.0654 e. The van der Waals surface area contributed by atoms with Gasteiger partial charge in [-0.05, 0) is 23.7 Å². The van der Waals surface area contributed by atoms with Crippen LogP contribution in [0.2, 0.25) is 0 Å². The molecule has 1 rings (SSSR count). The highest BCUT2D eigenvalue weighted by atomic mass is 14.2. The normalized spacial score (nSPS) is 32.2. The molecule has 0 heterocycles. The van der Waals surface area contributed by atoms with Crippen LogP contribution in [0.15, 0.2) is 0 Å². The third-order valence-corrected chi connectivity index (χ3v) is 6.16. The van der Waals surface area contributed by atoms with E-state index in [4.69, 9.17) is 0 Å². The van der Waals surface area contributed by atoms with Crippen molar-refractivity contribution in [2.45, 2.75) is 118 Å². The van der Waals surface area contributed by atoms with Crippen LogP contribution in [-0.2, 0) is 0 Å². The highest BCUT2D eigenvalue weighted by Gasteiger charge is 2.16. The minimum absolute atomic E-state index is 0.957. The van der Waals surface area contributed by atoms with E-state index in [1.807, 2.05) is 0 Å². The van der Waals surface area contributed by atoms with Gasteiger partial charge in [0.05, 0.1) is 0 Å². The first-order chi connectivity index (χ1) is 10.6. The Hall–Kier alpha value is 0. The van der Waals surface area contributed by atoms with Gasteiger partial charge in [0.2, 0.25) is 0 Å². The summed E-state index contributed by atoms with van der Waals surface area (Å²) in [6, 6.07) is 0. The molecule has 0 bridgehead atoms. The fourth-order valence-electron chi connectivity index (χ4n) is 4.08. The van der Waals surface area contributed by atoms with Crippen LogP contribution in [0.25, 0.3) is 0 Å². The van der Waals surface area contributed by atoms with Crippen LogP contribution in [0.1, 0.15) is 118 Å². The molecule has 0 heteroatoms. The van der Waals surface area contributed by atoms with Crippen LogP contribution < -0.4 is 0 Å². The predicted octanol–water partition coefficient (Wildman–Crippen LogP) is 8.01. The van der Waals surface area contributed by atoms with Crippen molar-refractivity contribution in [1.82, 2.24) is 0 Å². The first kappa shape index (κ1) is 20.0. The molecule has 0 saturated heterocycles. The smallest absolute Gasteiger partial charge is 0.0414 e. The molecule has 0 nitrogen and oxygen atoms in total. The lowest BCUT2D eigenvalue weighted by Gasteiger charge is -2.24. The summed E-state index contributed by atoms with van der Waals surface area (Å²) in [5.74, 6) is 3.91. The number of unbranched alkanes of at least 4 members (excludes halogenated alkanes) is 4. The summed E-state index contributed by atoms with van der Waals surface area (Å²) in [5, 5.41) is 0. The third-order valence-electron chi connectivity index (χ3n) is 6.16. The first-order valence-corrected chi connectivity index (χ1v) is 10.6. The van der Waals surface area contributed by atoms with Gasteiger partial charge in [-0.25, -0.2) is 0 Å². The standard InChI is InChI=1S/C22H44/c1-5-6-7-8-9-10-22-17-15-20(3)13-11-19(2)12-14-21(4)16-18-22/h19-22H,5-18H2,1-4H3. The van der Waals surface area contributed by atoms with E-state index in [9.17, 15) is 0 Å². The zero-order valence-corrected chi connectivity index (χ0v) is 16.2. The van der Waals surface area contributed by atoms with Crippen LogP contribution in [0, 0.1) is 23.7 Å². The van der Waals surface area contributed by atoms with Gasteiger partial charge in [0, 0.05) is 0 Å². The van der Waals surface area contributed by atoms with Gasteiger partial charge >= 0.3 is 0 Å². The average Bonchev–Trinajstić information content (AvgIpc) is 2.51. The van der Waals surface area contributed by atoms with E-state index < -0.39 is 0 Å². The molecule has 2 unspecified atom stereocenters. The van der Waals surface area contributed by atoms with Crippen molar-refractivity contribution >= 4 is 0 Å². The van der Waals surface area contributed by atoms with E-state index in [1.54, 1.807) is 0 Å². The molecule has 0 aromatic heterocycles. The zero-order valence-electron chi connectivity index (χ0n) is 16.2. The molecule has 22 heavy (non-hydrogen) atoms. The lowest BCUT2D eigenvalue weighted by molar-refractivity contribution is 0.286. The van der Waals surface area contributed by atoms with Gasteiger partial charge in [0.25, 0.3) is 0 Å². The predicted molar refractivity (Wildman–Crippen MR) is 101 cm³/mol. The van der Waals surface area contributed by atoms with Gasteiger partial charge in [-0.1, -0.05) is 118 Å². The van der Waals surface area contributed by atoms with Crippen LogP contribution in [0.4, 0.5) is 0 Å². The lowest BCUT2D eigenvalue weighted by Crippen LogP contribution is -2.10. The van der Waals surface area contributed by atoms with E-state index in [2.05, 4.69) is 27.7 Å². The molecule has 0 aliphatic heterocycles. The van der Waals surface area contributed by atoms with Crippen molar-refractivity contribution in [1.29, 1.82) is 0 Å². The van der Waals surface area contributed by atoms with Crippen LogP contribution >= 0.6 is 0 Å². The molecule has 0 N–H and O–H groups in total. The van der Waals surface area contributed by atoms with Crippen LogP contribution in [0.3, 0.4) is 0 Å². The highest BCUT2D eigenvalue weighted by Crippen LogP contribution is 2.30. The summed E-state index contributed by atoms with van der Waals surface area (Å²) in [6.07, 6.45) is 20.6. The lowest BCUT2D eigenvalue weighted by atomic mass is 9.82. The fourth-order valence-corrected chi connectivity index (χ4v) is 4.08. The summed E-state index contributed by atoms with van der Waals surface area (Å²) < 4.78 is 0. The third kappa shape index (κ3) is 9.90. The van der Waals surface area contributed by atoms with Crippen molar-refractivity contribution in [3.63, 3.8) is 0 Å². The topological polar surface area (TPSA) is 0 Å². The molecule has 132 valence electrons. The van der Waals surface area contributed by atoms with Gasteiger partial charge < -0.3 is 0 Å². The second kappa shape index (κ2) is 12.4. The van der Waals surface area contributed by atoms with E-state index in [0.717, 1.165) is 23.7 Å². The number of hydrogen-bond acceptors (Lipinski definition) is 0. The summed E-state index contributed by atoms with van der Waals surface area (Å²) in [6.45, 7) is 9.79. The van der Waals surface area contributed by atoms with Gasteiger partial charge in [0.15, 0.2) is 0 Å². The second-order valence-corrected chi connectivity index (χ2v) is 8.69. The zero-order chi connectivity index (χ0) is 16.2. The molecule has 2 atom stereocenters. The van der Waals surface area contributed by atoms with Crippen molar-refractivity contribution in [3.05, 3.63) is 0 Å². The maximum absolute atomic E-state index is 2.50. The van der Waals surface area contributed by atoms with Gasteiger partial charge in [-0.3, -0.25) is 0 Å². The van der Waals surface area contributed by atoms with Crippen molar-refractivity contribution in [3.8, 4) is 0 Å². The van der Waals surface area contributed by atoms with E-state index in [0.29, 0.717) is 0 Å². The molecule has 1 aliphatic rings. The Kier molecular flexibility index (Phi) is 11.3. The summed E-state index contributed by atoms with van der Waals surface area (Å²) in [5.41, 5.74) is 0. The quantitative estimate of drug-likeness (QED) is 0.436. The van der Waals surface area contributed by atoms with Crippen molar-refractivity contribution < 1.29 is 0 Å².